The Morgan fingerprint density at radius 1 is 0.160 bits per heavy atom. The monoisotopic (exact) mass is 1270 g/mol. The lowest BCUT2D eigenvalue weighted by Gasteiger charge is -2.13. The fourth-order valence-electron chi connectivity index (χ4n) is 13.9. The summed E-state index contributed by atoms with van der Waals surface area (Å²) in [6.07, 6.45) is 7.25. The Morgan fingerprint density at radius 2 is 0.470 bits per heavy atom. The maximum atomic E-state index is 5.16. The van der Waals surface area contributed by atoms with Crippen LogP contribution in [0.2, 0.25) is 0 Å². The molecule has 0 aliphatic carbocycles. The second kappa shape index (κ2) is 24.2. The molecule has 20 rings (SSSR count). The van der Waals surface area contributed by atoms with Crippen molar-refractivity contribution in [3.8, 4) is 90.1 Å². The predicted octanol–water partition coefficient (Wildman–Crippen LogP) is 22.2. The minimum Gasteiger partial charge on any atom is -0.255 e. The third-order valence-corrected chi connectivity index (χ3v) is 19.1. The summed E-state index contributed by atoms with van der Waals surface area (Å²) in [5.41, 5.74) is 23.7. The maximum absolute atomic E-state index is 5.16. The summed E-state index contributed by atoms with van der Waals surface area (Å²) < 4.78 is 0. The van der Waals surface area contributed by atoms with Crippen molar-refractivity contribution in [3.05, 3.63) is 328 Å². The van der Waals surface area contributed by atoms with Crippen LogP contribution >= 0.6 is 0 Å². The quantitative estimate of drug-likeness (QED) is 0.136. The minimum absolute atomic E-state index is 0.873. The number of benzene rings is 10. The number of fused-ring (bicyclic) bond motifs is 12. The molecule has 10 aromatic carbocycles. The summed E-state index contributed by atoms with van der Waals surface area (Å²) in [4.78, 5) is 48.3. The molecule has 0 spiro atoms. The molecule has 10 heterocycles. The van der Waals surface area contributed by atoms with Crippen molar-refractivity contribution >= 4 is 109 Å². The van der Waals surface area contributed by atoms with E-state index in [1.165, 1.54) is 0 Å². The Labute approximate surface area is 573 Å². The zero-order chi connectivity index (χ0) is 66.0. The zero-order valence-electron chi connectivity index (χ0n) is 53.6. The summed E-state index contributed by atoms with van der Waals surface area (Å²) in [7, 11) is 0. The van der Waals surface area contributed by atoms with Crippen LogP contribution in [0, 0.1) is 0 Å². The molecule has 0 aliphatic heterocycles. The van der Waals surface area contributed by atoms with Gasteiger partial charge in [-0.15, -0.1) is 0 Å². The molecule has 0 aliphatic rings. The van der Waals surface area contributed by atoms with Gasteiger partial charge in [0.05, 0.1) is 89.7 Å². The van der Waals surface area contributed by atoms with Gasteiger partial charge >= 0.3 is 0 Å². The van der Waals surface area contributed by atoms with Crippen LogP contribution in [-0.2, 0) is 0 Å². The van der Waals surface area contributed by atoms with Gasteiger partial charge < -0.3 is 0 Å². The Hall–Kier alpha value is -13.7. The van der Waals surface area contributed by atoms with Gasteiger partial charge in [0.25, 0.3) is 0 Å². The van der Waals surface area contributed by atoms with Crippen molar-refractivity contribution in [3.63, 3.8) is 0 Å². The highest BCUT2D eigenvalue weighted by molar-refractivity contribution is 6.08. The van der Waals surface area contributed by atoms with Crippen molar-refractivity contribution in [2.75, 3.05) is 0 Å². The number of hydrogen-bond acceptors (Lipinski definition) is 10. The molecular weight excluding hydrogens is 1220 g/mol. The van der Waals surface area contributed by atoms with Crippen LogP contribution in [0.25, 0.3) is 199 Å². The summed E-state index contributed by atoms with van der Waals surface area (Å²) in [6.45, 7) is 0. The maximum Gasteiger partial charge on any atom is 0.0972 e. The standard InChI is InChI=1S/2C45H27N5/c1-2-8-35-34(7-1)36(17-18-37(35)41-21-12-29-11-10-28-6-5-25-47-44(28)45(29)50-41)40-22-15-32-26-30(13-19-38(32)48-40)31-14-20-39-33(27-31)16-23-43(49-39)42-9-3-4-24-46-42;1-2-22-46-42(5-1)43-21-16-37-27-33(14-19-40(37)49-43)32-13-18-38-36(26-32)15-20-39(48-38)34-10-8-31-25-35(11-9-30(31)24-34)41-17-12-29-7-6-28-4-3-23-47-44(28)45(29)50-41/h2*1-27H. The third kappa shape index (κ3) is 10.7. The van der Waals surface area contributed by atoms with E-state index in [0.29, 0.717) is 0 Å². The van der Waals surface area contributed by atoms with E-state index >= 15 is 0 Å². The Kier molecular flexibility index (Phi) is 14.0. The molecule has 10 heteroatoms. The lowest BCUT2D eigenvalue weighted by molar-refractivity contribution is 1.28. The van der Waals surface area contributed by atoms with Crippen LogP contribution in [-0.4, -0.2) is 49.8 Å². The molecule has 464 valence electrons. The lowest BCUT2D eigenvalue weighted by Crippen LogP contribution is -1.92. The summed E-state index contributed by atoms with van der Waals surface area (Å²) in [6, 6.07) is 105. The first-order valence-corrected chi connectivity index (χ1v) is 33.3. The van der Waals surface area contributed by atoms with Gasteiger partial charge in [-0.1, -0.05) is 170 Å². The number of hydrogen-bond donors (Lipinski definition) is 0. The number of aromatic nitrogens is 10. The van der Waals surface area contributed by atoms with E-state index in [1.54, 1.807) is 12.4 Å². The molecule has 100 heavy (non-hydrogen) atoms. The molecule has 0 radical (unpaired) electrons. The topological polar surface area (TPSA) is 129 Å². The minimum atomic E-state index is 0.873. The molecule has 10 aromatic heterocycles. The molecule has 10 nitrogen and oxygen atoms in total. The van der Waals surface area contributed by atoms with Crippen LogP contribution < -0.4 is 0 Å². The number of rotatable bonds is 8. The fraction of sp³-hybridized carbons (Fsp3) is 0. The molecule has 0 saturated heterocycles. The van der Waals surface area contributed by atoms with E-state index in [-0.39, 0.29) is 0 Å². The average molecular weight is 1280 g/mol. The van der Waals surface area contributed by atoms with Crippen LogP contribution in [0.15, 0.2) is 328 Å². The molecule has 0 unspecified atom stereocenters. The van der Waals surface area contributed by atoms with Crippen LogP contribution in [0.4, 0.5) is 0 Å². The van der Waals surface area contributed by atoms with Crippen molar-refractivity contribution in [1.82, 2.24) is 49.8 Å². The first kappa shape index (κ1) is 57.7. The Balaban J connectivity index is 0.000000139. The van der Waals surface area contributed by atoms with E-state index < -0.39 is 0 Å². The van der Waals surface area contributed by atoms with Gasteiger partial charge in [-0.05, 0) is 177 Å². The largest absolute Gasteiger partial charge is 0.255 e. The predicted molar refractivity (Wildman–Crippen MR) is 409 cm³/mol. The highest BCUT2D eigenvalue weighted by Gasteiger charge is 2.16. The Morgan fingerprint density at radius 3 is 0.910 bits per heavy atom. The van der Waals surface area contributed by atoms with Gasteiger partial charge in [0.15, 0.2) is 0 Å². The summed E-state index contributed by atoms with van der Waals surface area (Å²) in [5.74, 6) is 0. The fourth-order valence-corrected chi connectivity index (χ4v) is 13.9. The molecule has 0 saturated carbocycles. The van der Waals surface area contributed by atoms with E-state index in [9.17, 15) is 0 Å². The van der Waals surface area contributed by atoms with Gasteiger partial charge in [0.1, 0.15) is 0 Å². The smallest absolute Gasteiger partial charge is 0.0972 e. The van der Waals surface area contributed by atoms with Crippen molar-refractivity contribution in [1.29, 1.82) is 0 Å². The first-order chi connectivity index (χ1) is 49.5. The lowest BCUT2D eigenvalue weighted by atomic mass is 9.95. The molecular formula is C90H54N10. The van der Waals surface area contributed by atoms with Gasteiger partial charge in [0.2, 0.25) is 0 Å². The third-order valence-electron chi connectivity index (χ3n) is 19.1. The van der Waals surface area contributed by atoms with Crippen molar-refractivity contribution in [2.45, 2.75) is 0 Å². The van der Waals surface area contributed by atoms with Crippen LogP contribution in [0.3, 0.4) is 0 Å². The summed E-state index contributed by atoms with van der Waals surface area (Å²) >= 11 is 0. The van der Waals surface area contributed by atoms with Gasteiger partial charge in [-0.2, -0.15) is 0 Å². The van der Waals surface area contributed by atoms with Crippen LogP contribution in [0.5, 0.6) is 0 Å². The van der Waals surface area contributed by atoms with E-state index in [0.717, 1.165) is 199 Å². The van der Waals surface area contributed by atoms with E-state index in [1.807, 2.05) is 73.1 Å². The van der Waals surface area contributed by atoms with Gasteiger partial charge in [-0.3, -0.25) is 19.9 Å². The zero-order valence-corrected chi connectivity index (χ0v) is 53.6. The van der Waals surface area contributed by atoms with Crippen molar-refractivity contribution in [2.24, 2.45) is 0 Å². The molecule has 20 aromatic rings. The van der Waals surface area contributed by atoms with Crippen molar-refractivity contribution < 1.29 is 0 Å². The average Bonchev–Trinajstić information content (AvgIpc) is 0.776. The number of pyridine rings is 10. The SMILES string of the molecule is c1ccc(-c2ccc3cc(-c4ccc5nc(-c6ccc(-c7ccc8ccc9cccnc9c8n7)c7ccccc67)ccc5c4)ccc3n2)nc1.c1ccc(-c2ccc3cc(-c4ccc5nc(-c6ccc7cc(-c8ccc9ccc%10cccnc%10c9n8)ccc7c6)ccc5c4)ccc3n2)nc1. The highest BCUT2D eigenvalue weighted by Crippen LogP contribution is 2.39. The van der Waals surface area contributed by atoms with Gasteiger partial charge in [-0.25, -0.2) is 29.9 Å². The first-order valence-electron chi connectivity index (χ1n) is 33.3. The van der Waals surface area contributed by atoms with Crippen LogP contribution in [0.1, 0.15) is 0 Å². The molecule has 0 N–H and O–H groups in total. The Bertz CT molecular complexity index is 6680. The molecule has 0 bridgehead atoms. The molecule has 0 atom stereocenters. The number of nitrogens with zero attached hydrogens (tertiary/aromatic N) is 10. The second-order valence-electron chi connectivity index (χ2n) is 25.1. The normalized spacial score (nSPS) is 11.6. The highest BCUT2D eigenvalue weighted by atomic mass is 14.8. The summed E-state index contributed by atoms with van der Waals surface area (Å²) in [5, 5.41) is 13.3. The van der Waals surface area contributed by atoms with E-state index in [4.69, 9.17) is 29.9 Å². The molecule has 0 fully saturated rings. The van der Waals surface area contributed by atoms with Gasteiger partial charge in [0, 0.05) is 90.1 Å². The van der Waals surface area contributed by atoms with E-state index in [2.05, 4.69) is 263 Å². The second-order valence-corrected chi connectivity index (χ2v) is 25.1. The molecule has 0 amide bonds.